The Kier molecular flexibility index (Phi) is 9.45. The number of alkyl carbamates (subject to hydrolysis) is 1. The van der Waals surface area contributed by atoms with Gasteiger partial charge in [0, 0.05) is 25.6 Å². The molecule has 4 aromatic rings. The molecule has 0 fully saturated rings. The number of hydrogen-bond acceptors (Lipinski definition) is 8. The first-order chi connectivity index (χ1) is 20.9. The zero-order chi connectivity index (χ0) is 31.4. The van der Waals surface area contributed by atoms with E-state index in [4.69, 9.17) is 9.47 Å². The normalized spacial score (nSPS) is 16.1. The summed E-state index contributed by atoms with van der Waals surface area (Å²) in [6, 6.07) is 20.1. The first kappa shape index (κ1) is 31.3. The van der Waals surface area contributed by atoms with Crippen LogP contribution in [0.15, 0.2) is 65.6 Å². The second kappa shape index (κ2) is 13.3. The summed E-state index contributed by atoms with van der Waals surface area (Å²) in [5.74, 6) is -0.346. The molecule has 232 valence electrons. The first-order valence-electron chi connectivity index (χ1n) is 14.7. The molecule has 0 saturated heterocycles. The molecule has 1 aliphatic rings. The molecular weight excluding hydrogens is 578 g/mol. The van der Waals surface area contributed by atoms with Gasteiger partial charge in [-0.1, -0.05) is 41.6 Å². The van der Waals surface area contributed by atoms with E-state index in [0.717, 1.165) is 45.0 Å². The van der Waals surface area contributed by atoms with Gasteiger partial charge in [0.15, 0.2) is 0 Å². The highest BCUT2D eigenvalue weighted by atomic mass is 32.2. The predicted octanol–water partition coefficient (Wildman–Crippen LogP) is 6.16. The molecule has 2 unspecified atom stereocenters. The molecule has 5 rings (SSSR count). The number of aliphatic carboxylic acids is 1. The van der Waals surface area contributed by atoms with Gasteiger partial charge in [-0.05, 0) is 93.1 Å². The molecule has 2 heterocycles. The lowest BCUT2D eigenvalue weighted by molar-refractivity contribution is -0.137. The number of carbonyl (C=O) groups excluding carboxylic acids is 1. The maximum absolute atomic E-state index is 12.0. The van der Waals surface area contributed by atoms with E-state index in [1.165, 1.54) is 0 Å². The Morgan fingerprint density at radius 1 is 1.14 bits per heavy atom. The monoisotopic (exact) mass is 617 g/mol. The Bertz CT molecular complexity index is 1650. The van der Waals surface area contributed by atoms with Crippen LogP contribution < -0.4 is 10.1 Å². The third-order valence-electron chi connectivity index (χ3n) is 7.30. The van der Waals surface area contributed by atoms with Crippen molar-refractivity contribution in [3.8, 4) is 5.75 Å². The van der Waals surface area contributed by atoms with Crippen LogP contribution in [0.4, 0.5) is 4.79 Å². The number of aryl methyl sites for hydroxylation is 1. The molecule has 1 aliphatic heterocycles. The van der Waals surface area contributed by atoms with Gasteiger partial charge in [-0.15, -0.1) is 5.10 Å². The van der Waals surface area contributed by atoms with Gasteiger partial charge in [0.05, 0.1) is 23.4 Å². The minimum atomic E-state index is -0.875. The summed E-state index contributed by atoms with van der Waals surface area (Å²) in [5.41, 5.74) is 4.97. The molecule has 1 aromatic heterocycles. The molecule has 2 atom stereocenters. The molecule has 2 N–H and O–H groups in total. The lowest BCUT2D eigenvalue weighted by Gasteiger charge is -2.23. The second-order valence-corrected chi connectivity index (χ2v) is 13.3. The van der Waals surface area contributed by atoms with Crippen LogP contribution in [0.2, 0.25) is 0 Å². The van der Waals surface area contributed by atoms with Crippen LogP contribution in [0.25, 0.3) is 11.0 Å². The van der Waals surface area contributed by atoms with Crippen molar-refractivity contribution in [2.45, 2.75) is 76.6 Å². The fourth-order valence-electron chi connectivity index (χ4n) is 5.26. The third-order valence-corrected chi connectivity index (χ3v) is 8.37. The predicted molar refractivity (Wildman–Crippen MR) is 170 cm³/mol. The number of carboxylic acid groups (broad SMARTS) is 1. The molecule has 11 heteroatoms. The van der Waals surface area contributed by atoms with Crippen molar-refractivity contribution in [1.29, 1.82) is 0 Å². The van der Waals surface area contributed by atoms with Gasteiger partial charge < -0.3 is 19.9 Å². The molecule has 0 bridgehead atoms. The van der Waals surface area contributed by atoms with E-state index in [1.54, 1.807) is 16.6 Å². The van der Waals surface area contributed by atoms with E-state index in [2.05, 4.69) is 52.0 Å². The number of benzene rings is 3. The fraction of sp³-hybridized carbons (Fsp3) is 0.394. The minimum Gasteiger partial charge on any atom is -0.488 e. The summed E-state index contributed by atoms with van der Waals surface area (Å²) in [6.45, 7) is 11.8. The Balaban J connectivity index is 1.35. The molecule has 1 amide bonds. The summed E-state index contributed by atoms with van der Waals surface area (Å²) < 4.78 is 15.4. The van der Waals surface area contributed by atoms with Crippen LogP contribution in [0.3, 0.4) is 0 Å². The van der Waals surface area contributed by atoms with E-state index in [1.807, 2.05) is 63.2 Å². The van der Waals surface area contributed by atoms with E-state index in [9.17, 15) is 14.7 Å². The number of rotatable bonds is 9. The van der Waals surface area contributed by atoms with Crippen LogP contribution in [-0.2, 0) is 22.6 Å². The Labute approximate surface area is 261 Å². The van der Waals surface area contributed by atoms with Gasteiger partial charge in [-0.2, -0.15) is 0 Å². The number of hydrogen-bond donors (Lipinski definition) is 2. The van der Waals surface area contributed by atoms with Crippen molar-refractivity contribution in [1.82, 2.24) is 24.6 Å². The minimum absolute atomic E-state index is 0.0302. The Morgan fingerprint density at radius 2 is 1.89 bits per heavy atom. The van der Waals surface area contributed by atoms with Crippen molar-refractivity contribution in [3.63, 3.8) is 0 Å². The number of nitrogens with zero attached hydrogens (tertiary/aromatic N) is 4. The van der Waals surface area contributed by atoms with Crippen LogP contribution in [0, 0.1) is 6.92 Å². The van der Waals surface area contributed by atoms with Crippen molar-refractivity contribution in [2.24, 2.45) is 0 Å². The molecule has 44 heavy (non-hydrogen) atoms. The van der Waals surface area contributed by atoms with Crippen molar-refractivity contribution in [2.75, 3.05) is 13.1 Å². The summed E-state index contributed by atoms with van der Waals surface area (Å²) in [6.07, 6.45) is -0.513. The molecular formula is C33H39N5O5S. The number of carboxylic acids is 1. The summed E-state index contributed by atoms with van der Waals surface area (Å²) >= 11 is 1.69. The van der Waals surface area contributed by atoms with Gasteiger partial charge in [0.25, 0.3) is 0 Å². The van der Waals surface area contributed by atoms with Gasteiger partial charge in [0.2, 0.25) is 0 Å². The van der Waals surface area contributed by atoms with E-state index in [0.29, 0.717) is 25.2 Å². The SMILES string of the molecule is Cc1ccc(C(CC(=O)O)c2ccc3c(c2)nnn3CCNC(=O)OC(C)(C)C)cc1CN1CC(C)Oc2ccccc2S1. The highest BCUT2D eigenvalue weighted by Gasteiger charge is 2.24. The number of para-hydroxylation sites is 1. The summed E-state index contributed by atoms with van der Waals surface area (Å²) in [4.78, 5) is 25.1. The fourth-order valence-corrected chi connectivity index (χ4v) is 6.37. The van der Waals surface area contributed by atoms with E-state index < -0.39 is 17.7 Å². The topological polar surface area (TPSA) is 119 Å². The van der Waals surface area contributed by atoms with Crippen molar-refractivity contribution >= 4 is 35.0 Å². The van der Waals surface area contributed by atoms with Gasteiger partial charge in [-0.25, -0.2) is 13.8 Å². The number of carbonyl (C=O) groups is 2. The number of nitrogens with one attached hydrogen (secondary N) is 1. The van der Waals surface area contributed by atoms with E-state index >= 15 is 0 Å². The lowest BCUT2D eigenvalue weighted by atomic mass is 9.86. The Hall–Kier alpha value is -4.09. The summed E-state index contributed by atoms with van der Waals surface area (Å²) in [7, 11) is 0. The highest BCUT2D eigenvalue weighted by Crippen LogP contribution is 2.37. The number of fused-ring (bicyclic) bond motifs is 2. The zero-order valence-corrected chi connectivity index (χ0v) is 26.6. The van der Waals surface area contributed by atoms with Gasteiger partial charge in [0.1, 0.15) is 23.0 Å². The molecule has 10 nitrogen and oxygen atoms in total. The number of amides is 1. The quantitative estimate of drug-likeness (QED) is 0.213. The maximum Gasteiger partial charge on any atom is 0.407 e. The number of aromatic nitrogens is 3. The van der Waals surface area contributed by atoms with Gasteiger partial charge in [-0.3, -0.25) is 4.79 Å². The largest absolute Gasteiger partial charge is 0.488 e. The number of ether oxygens (including phenoxy) is 2. The Morgan fingerprint density at radius 3 is 2.66 bits per heavy atom. The highest BCUT2D eigenvalue weighted by molar-refractivity contribution is 7.97. The van der Waals surface area contributed by atoms with Crippen LogP contribution in [-0.4, -0.2) is 61.3 Å². The van der Waals surface area contributed by atoms with Crippen LogP contribution >= 0.6 is 11.9 Å². The van der Waals surface area contributed by atoms with Crippen molar-refractivity contribution < 1.29 is 24.2 Å². The van der Waals surface area contributed by atoms with Crippen LogP contribution in [0.1, 0.15) is 62.3 Å². The molecule has 0 spiro atoms. The smallest absolute Gasteiger partial charge is 0.407 e. The molecule has 0 radical (unpaired) electrons. The third kappa shape index (κ3) is 7.89. The second-order valence-electron chi connectivity index (χ2n) is 12.1. The average Bonchev–Trinajstić information content (AvgIpc) is 3.27. The molecule has 0 aliphatic carbocycles. The maximum atomic E-state index is 12.0. The van der Waals surface area contributed by atoms with Crippen LogP contribution in [0.5, 0.6) is 5.75 Å². The first-order valence-corrected chi connectivity index (χ1v) is 15.5. The zero-order valence-electron chi connectivity index (χ0n) is 25.7. The van der Waals surface area contributed by atoms with Crippen molar-refractivity contribution in [3.05, 3.63) is 82.9 Å². The molecule has 0 saturated carbocycles. The molecule has 3 aromatic carbocycles. The average molecular weight is 618 g/mol. The van der Waals surface area contributed by atoms with Gasteiger partial charge >= 0.3 is 12.1 Å². The van der Waals surface area contributed by atoms with E-state index in [-0.39, 0.29) is 18.4 Å². The standard InChI is InChI=1S/C33H39N5O5S/c1-21-10-11-23(16-25(21)20-37-19-22(2)42-29-8-6-7-9-30(29)44-37)26(18-31(39)40)24-12-13-28-27(17-24)35-36-38(28)15-14-34-32(41)43-33(3,4)5/h6-13,16-17,22,26H,14-15,18-20H2,1-5H3,(H,34,41)(H,39,40). The summed E-state index contributed by atoms with van der Waals surface area (Å²) in [5, 5.41) is 21.2. The lowest BCUT2D eigenvalue weighted by Crippen LogP contribution is -2.34.